The third kappa shape index (κ3) is 7.81. The number of nitrogens with zero attached hydrogens (tertiary/aromatic N) is 1. The fourth-order valence-electron chi connectivity index (χ4n) is 2.20. The van der Waals surface area contributed by atoms with Gasteiger partial charge in [-0.1, -0.05) is 30.3 Å². The van der Waals surface area contributed by atoms with Crippen molar-refractivity contribution in [2.45, 2.75) is 13.5 Å². The van der Waals surface area contributed by atoms with Crippen molar-refractivity contribution in [3.05, 3.63) is 71.5 Å². The quantitative estimate of drug-likeness (QED) is 0.253. The second kappa shape index (κ2) is 12.2. The maximum absolute atomic E-state index is 13.2. The Bertz CT molecular complexity index is 710. The Hall–Kier alpha value is -2.16. The lowest BCUT2D eigenvalue weighted by Crippen LogP contribution is -2.41. The Morgan fingerprint density at radius 1 is 1.00 bits per heavy atom. The van der Waals surface area contributed by atoms with Gasteiger partial charge in [-0.2, -0.15) is 0 Å². The Balaban J connectivity index is 0.00000338. The normalized spacial score (nSPS) is 10.6. The second-order valence-electron chi connectivity index (χ2n) is 5.37. The summed E-state index contributed by atoms with van der Waals surface area (Å²) in [5.41, 5.74) is 1.43. The molecule has 0 spiro atoms. The van der Waals surface area contributed by atoms with Gasteiger partial charge >= 0.3 is 0 Å². The molecule has 0 heterocycles. The van der Waals surface area contributed by atoms with Crippen molar-refractivity contribution in [2.75, 3.05) is 19.6 Å². The topological polar surface area (TPSA) is 65.5 Å². The van der Waals surface area contributed by atoms with Gasteiger partial charge in [0.25, 0.3) is 5.91 Å². The molecule has 2 aromatic rings. The van der Waals surface area contributed by atoms with Crippen LogP contribution in [-0.2, 0) is 6.54 Å². The highest BCUT2D eigenvalue weighted by molar-refractivity contribution is 14.0. The molecule has 0 saturated heterocycles. The highest BCUT2D eigenvalue weighted by Crippen LogP contribution is 2.04. The third-order valence-electron chi connectivity index (χ3n) is 3.39. The summed E-state index contributed by atoms with van der Waals surface area (Å²) in [6.07, 6.45) is 0. The molecule has 3 N–H and O–H groups in total. The van der Waals surface area contributed by atoms with Crippen molar-refractivity contribution in [1.82, 2.24) is 16.0 Å². The van der Waals surface area contributed by atoms with E-state index in [0.29, 0.717) is 37.7 Å². The lowest BCUT2D eigenvalue weighted by atomic mass is 10.2. The number of hydrogen-bond acceptors (Lipinski definition) is 2. The Morgan fingerprint density at radius 2 is 1.73 bits per heavy atom. The summed E-state index contributed by atoms with van der Waals surface area (Å²) in [7, 11) is 0. The van der Waals surface area contributed by atoms with Gasteiger partial charge in [0.15, 0.2) is 5.96 Å². The molecule has 0 atom stereocenters. The van der Waals surface area contributed by atoms with Crippen LogP contribution in [0.15, 0.2) is 59.6 Å². The molecular formula is C19H24FIN4O. The van der Waals surface area contributed by atoms with Crippen LogP contribution in [0.5, 0.6) is 0 Å². The summed E-state index contributed by atoms with van der Waals surface area (Å²) in [4.78, 5) is 16.4. The number of aliphatic imine (C=N–C) groups is 1. The summed E-state index contributed by atoms with van der Waals surface area (Å²) in [6.45, 7) is 4.07. The van der Waals surface area contributed by atoms with Crippen molar-refractivity contribution in [2.24, 2.45) is 4.99 Å². The summed E-state index contributed by atoms with van der Waals surface area (Å²) in [6, 6.07) is 15.4. The van der Waals surface area contributed by atoms with Crippen LogP contribution in [0, 0.1) is 5.82 Å². The van der Waals surface area contributed by atoms with Gasteiger partial charge in [-0.15, -0.1) is 24.0 Å². The van der Waals surface area contributed by atoms with E-state index in [4.69, 9.17) is 0 Å². The summed E-state index contributed by atoms with van der Waals surface area (Å²) < 4.78 is 13.2. The number of guanidine groups is 1. The van der Waals surface area contributed by atoms with Gasteiger partial charge in [-0.3, -0.25) is 4.79 Å². The first-order chi connectivity index (χ1) is 12.2. The van der Waals surface area contributed by atoms with E-state index < -0.39 is 0 Å². The van der Waals surface area contributed by atoms with Crippen LogP contribution < -0.4 is 16.0 Å². The maximum Gasteiger partial charge on any atom is 0.251 e. The van der Waals surface area contributed by atoms with Crippen molar-refractivity contribution >= 4 is 35.8 Å². The molecule has 0 radical (unpaired) electrons. The molecule has 0 bridgehead atoms. The van der Waals surface area contributed by atoms with Crippen LogP contribution in [0.2, 0.25) is 0 Å². The molecule has 0 fully saturated rings. The maximum atomic E-state index is 13.2. The Morgan fingerprint density at radius 3 is 2.42 bits per heavy atom. The third-order valence-corrected chi connectivity index (χ3v) is 3.39. The highest BCUT2D eigenvalue weighted by Gasteiger charge is 2.03. The average molecular weight is 470 g/mol. The zero-order valence-electron chi connectivity index (χ0n) is 14.7. The molecule has 5 nitrogen and oxygen atoms in total. The van der Waals surface area contributed by atoms with E-state index in [1.165, 1.54) is 12.1 Å². The first-order valence-corrected chi connectivity index (χ1v) is 8.29. The van der Waals surface area contributed by atoms with Crippen molar-refractivity contribution < 1.29 is 9.18 Å². The van der Waals surface area contributed by atoms with Crippen LogP contribution in [0.3, 0.4) is 0 Å². The number of rotatable bonds is 7. The number of halogens is 2. The van der Waals surface area contributed by atoms with E-state index >= 15 is 0 Å². The predicted molar refractivity (Wildman–Crippen MR) is 113 cm³/mol. The second-order valence-corrected chi connectivity index (χ2v) is 5.37. The largest absolute Gasteiger partial charge is 0.357 e. The minimum absolute atomic E-state index is 0. The molecule has 2 rings (SSSR count). The summed E-state index contributed by atoms with van der Waals surface area (Å²) in [5.74, 6) is 0.249. The lowest BCUT2D eigenvalue weighted by Gasteiger charge is -2.12. The molecule has 0 aliphatic carbocycles. The number of hydrogen-bond donors (Lipinski definition) is 3. The fourth-order valence-corrected chi connectivity index (χ4v) is 2.20. The fraction of sp³-hybridized carbons (Fsp3) is 0.263. The molecule has 140 valence electrons. The zero-order valence-corrected chi connectivity index (χ0v) is 17.0. The first-order valence-electron chi connectivity index (χ1n) is 8.29. The van der Waals surface area contributed by atoms with E-state index in [1.807, 2.05) is 31.2 Å². The highest BCUT2D eigenvalue weighted by atomic mass is 127. The van der Waals surface area contributed by atoms with E-state index in [9.17, 15) is 9.18 Å². The molecule has 0 unspecified atom stereocenters. The molecule has 1 amide bonds. The minimum Gasteiger partial charge on any atom is -0.357 e. The standard InChI is InChI=1S/C19H23FN4O.HI/c1-2-21-19(24-14-15-7-6-10-17(20)13-15)23-12-11-22-18(25)16-8-4-3-5-9-16;/h3-10,13H,2,11-12,14H2,1H3,(H,22,25)(H2,21,23,24);1H. The van der Waals surface area contributed by atoms with Gasteiger partial charge in [0.1, 0.15) is 5.82 Å². The predicted octanol–water partition coefficient (Wildman–Crippen LogP) is 2.93. The molecule has 0 aliphatic heterocycles. The number of carbonyl (C=O) groups is 1. The smallest absolute Gasteiger partial charge is 0.251 e. The number of amides is 1. The number of carbonyl (C=O) groups excluding carboxylic acids is 1. The van der Waals surface area contributed by atoms with Crippen LogP contribution in [-0.4, -0.2) is 31.5 Å². The number of nitrogens with one attached hydrogen (secondary N) is 3. The van der Waals surface area contributed by atoms with Crippen molar-refractivity contribution in [3.63, 3.8) is 0 Å². The van der Waals surface area contributed by atoms with Gasteiger partial charge in [-0.05, 0) is 36.8 Å². The number of benzene rings is 2. The molecule has 0 aliphatic rings. The summed E-state index contributed by atoms with van der Waals surface area (Å²) in [5, 5.41) is 9.11. The monoisotopic (exact) mass is 470 g/mol. The Labute approximate surface area is 170 Å². The Kier molecular flexibility index (Phi) is 10.3. The van der Waals surface area contributed by atoms with E-state index in [1.54, 1.807) is 18.2 Å². The van der Waals surface area contributed by atoms with Gasteiger partial charge in [0.2, 0.25) is 0 Å². The van der Waals surface area contributed by atoms with Gasteiger partial charge in [-0.25, -0.2) is 9.38 Å². The molecule has 26 heavy (non-hydrogen) atoms. The first kappa shape index (κ1) is 21.9. The van der Waals surface area contributed by atoms with Gasteiger partial charge < -0.3 is 16.0 Å². The van der Waals surface area contributed by atoms with E-state index in [0.717, 1.165) is 5.56 Å². The summed E-state index contributed by atoms with van der Waals surface area (Å²) >= 11 is 0. The average Bonchev–Trinajstić information content (AvgIpc) is 2.63. The van der Waals surface area contributed by atoms with Crippen LogP contribution >= 0.6 is 24.0 Å². The van der Waals surface area contributed by atoms with Gasteiger partial charge in [0.05, 0.1) is 6.54 Å². The minimum atomic E-state index is -0.269. The molecule has 0 saturated carbocycles. The molecular weight excluding hydrogens is 446 g/mol. The van der Waals surface area contributed by atoms with Gasteiger partial charge in [0, 0.05) is 25.2 Å². The van der Waals surface area contributed by atoms with E-state index in [2.05, 4.69) is 20.9 Å². The van der Waals surface area contributed by atoms with E-state index in [-0.39, 0.29) is 35.7 Å². The zero-order chi connectivity index (χ0) is 17.9. The van der Waals surface area contributed by atoms with Crippen molar-refractivity contribution in [1.29, 1.82) is 0 Å². The van der Waals surface area contributed by atoms with Crippen LogP contribution in [0.4, 0.5) is 4.39 Å². The van der Waals surface area contributed by atoms with Crippen molar-refractivity contribution in [3.8, 4) is 0 Å². The molecule has 7 heteroatoms. The molecule has 0 aromatic heterocycles. The van der Waals surface area contributed by atoms with Crippen LogP contribution in [0.1, 0.15) is 22.8 Å². The molecule has 2 aromatic carbocycles. The lowest BCUT2D eigenvalue weighted by molar-refractivity contribution is 0.0954. The van der Waals surface area contributed by atoms with Crippen LogP contribution in [0.25, 0.3) is 0 Å². The SMILES string of the molecule is CCNC(=NCc1cccc(F)c1)NCCNC(=O)c1ccccc1.I.